The summed E-state index contributed by atoms with van der Waals surface area (Å²) in [4.78, 5) is 47.4. The van der Waals surface area contributed by atoms with E-state index in [2.05, 4.69) is 15.3 Å². The number of carbonyl (C=O) groups is 3. The van der Waals surface area contributed by atoms with Crippen molar-refractivity contribution >= 4 is 33.5 Å². The molecule has 2 heterocycles. The Morgan fingerprint density at radius 1 is 1.08 bits per heavy atom. The van der Waals surface area contributed by atoms with E-state index in [0.29, 0.717) is 17.2 Å². The lowest BCUT2D eigenvalue weighted by Crippen LogP contribution is -2.55. The molecule has 1 N–H and O–H groups in total. The number of anilines is 1. The number of hydrogen-bond donors (Lipinski definition) is 1. The van der Waals surface area contributed by atoms with E-state index in [-0.39, 0.29) is 47.8 Å². The maximum atomic E-state index is 13.4. The number of sulfonamides is 1. The molecule has 1 fully saturated rings. The van der Waals surface area contributed by atoms with Crippen molar-refractivity contribution in [1.29, 1.82) is 0 Å². The number of nitrogens with zero attached hydrogens (tertiary/aromatic N) is 4. The van der Waals surface area contributed by atoms with Crippen LogP contribution in [0.15, 0.2) is 29.2 Å². The highest BCUT2D eigenvalue weighted by Crippen LogP contribution is 2.24. The second kappa shape index (κ2) is 10.7. The van der Waals surface area contributed by atoms with Gasteiger partial charge < -0.3 is 15.0 Å². The molecule has 0 bridgehead atoms. The van der Waals surface area contributed by atoms with Crippen LogP contribution in [-0.2, 0) is 19.6 Å². The average Bonchev–Trinajstić information content (AvgIpc) is 2.77. The Balaban J connectivity index is 1.82. The first kappa shape index (κ1) is 27.2. The summed E-state index contributed by atoms with van der Waals surface area (Å²) in [6, 6.07) is 5.39. The number of carbonyl (C=O) groups excluding carboxylic acids is 3. The van der Waals surface area contributed by atoms with Crippen molar-refractivity contribution in [2.75, 3.05) is 25.0 Å². The Hall–Kier alpha value is -3.38. The van der Waals surface area contributed by atoms with E-state index in [1.807, 2.05) is 0 Å². The predicted molar refractivity (Wildman–Crippen MR) is 132 cm³/mol. The normalized spacial score (nSPS) is 16.6. The number of esters is 1. The number of hydrogen-bond acceptors (Lipinski definition) is 8. The van der Waals surface area contributed by atoms with Gasteiger partial charge in [-0.05, 0) is 58.9 Å². The molecule has 0 saturated carbocycles. The van der Waals surface area contributed by atoms with Gasteiger partial charge in [0.05, 0.1) is 16.7 Å². The minimum Gasteiger partial charge on any atom is -0.459 e. The maximum absolute atomic E-state index is 13.4. The van der Waals surface area contributed by atoms with Gasteiger partial charge in [0, 0.05) is 38.3 Å². The molecule has 194 valence electrons. The third kappa shape index (κ3) is 5.88. The van der Waals surface area contributed by atoms with Gasteiger partial charge in [0.15, 0.2) is 0 Å². The number of aryl methyl sites for hydroxylation is 2. The summed E-state index contributed by atoms with van der Waals surface area (Å²) in [5, 5.41) is 2.60. The quantitative estimate of drug-likeness (QED) is 0.575. The highest BCUT2D eigenvalue weighted by atomic mass is 32.2. The smallest absolute Gasteiger partial charge is 0.342 e. The van der Waals surface area contributed by atoms with Gasteiger partial charge in [0.1, 0.15) is 17.1 Å². The van der Waals surface area contributed by atoms with Gasteiger partial charge >= 0.3 is 5.97 Å². The van der Waals surface area contributed by atoms with E-state index in [1.165, 1.54) is 40.4 Å². The molecule has 0 spiro atoms. The molecule has 12 heteroatoms. The molecule has 0 aliphatic carbocycles. The van der Waals surface area contributed by atoms with Gasteiger partial charge in [-0.1, -0.05) is 0 Å². The lowest BCUT2D eigenvalue weighted by molar-refractivity contribution is -0.114. The minimum absolute atomic E-state index is 0.0151. The third-order valence-electron chi connectivity index (χ3n) is 5.59. The number of amides is 2. The minimum atomic E-state index is -3.84. The van der Waals surface area contributed by atoms with Crippen LogP contribution < -0.4 is 5.32 Å². The number of piperazine rings is 1. The molecule has 1 aromatic carbocycles. The summed E-state index contributed by atoms with van der Waals surface area (Å²) < 4.78 is 33.2. The standard InChI is InChI=1S/C24H31N5O6S/c1-14(2)35-24(32)21-16(4)25-17(5)26-22(21)23(31)28-11-12-29(15(3)13-28)36(33,34)20-9-7-19(8-10-20)27-18(6)30/h7-10,14-15H,11-13H2,1-6H3,(H,27,30). The van der Waals surface area contributed by atoms with Gasteiger partial charge in [0.25, 0.3) is 5.91 Å². The fourth-order valence-electron chi connectivity index (χ4n) is 4.07. The van der Waals surface area contributed by atoms with Crippen molar-refractivity contribution in [3.05, 3.63) is 47.0 Å². The molecule has 1 aromatic heterocycles. The summed E-state index contributed by atoms with van der Waals surface area (Å²) in [6.07, 6.45) is -0.387. The Morgan fingerprint density at radius 2 is 1.72 bits per heavy atom. The topological polar surface area (TPSA) is 139 Å². The zero-order chi connectivity index (χ0) is 26.8. The SMILES string of the molecule is CC(=O)Nc1ccc(S(=O)(=O)N2CCN(C(=O)c3nc(C)nc(C)c3C(=O)OC(C)C)CC2C)cc1. The number of aromatic nitrogens is 2. The molecular weight excluding hydrogens is 486 g/mol. The molecule has 2 amide bonds. The fourth-order valence-corrected chi connectivity index (χ4v) is 5.68. The second-order valence-electron chi connectivity index (χ2n) is 8.96. The predicted octanol–water partition coefficient (Wildman–Crippen LogP) is 2.15. The number of nitrogens with one attached hydrogen (secondary N) is 1. The van der Waals surface area contributed by atoms with Crippen LogP contribution in [0.1, 0.15) is 60.1 Å². The molecule has 1 saturated heterocycles. The highest BCUT2D eigenvalue weighted by Gasteiger charge is 2.37. The Kier molecular flexibility index (Phi) is 8.09. The number of benzene rings is 1. The summed E-state index contributed by atoms with van der Waals surface area (Å²) in [6.45, 7) is 10.0. The van der Waals surface area contributed by atoms with Crippen molar-refractivity contribution < 1.29 is 27.5 Å². The van der Waals surface area contributed by atoms with Gasteiger partial charge in [-0.3, -0.25) is 9.59 Å². The van der Waals surface area contributed by atoms with Crippen molar-refractivity contribution in [1.82, 2.24) is 19.2 Å². The van der Waals surface area contributed by atoms with E-state index in [9.17, 15) is 22.8 Å². The van der Waals surface area contributed by atoms with Crippen LogP contribution in [-0.4, -0.2) is 77.2 Å². The van der Waals surface area contributed by atoms with E-state index in [4.69, 9.17) is 4.74 Å². The molecule has 11 nitrogen and oxygen atoms in total. The molecule has 1 unspecified atom stereocenters. The molecular formula is C24H31N5O6S. The summed E-state index contributed by atoms with van der Waals surface area (Å²) in [5.74, 6) is -1.07. The van der Waals surface area contributed by atoms with Crippen LogP contribution in [0.2, 0.25) is 0 Å². The Bertz CT molecular complexity index is 1280. The van der Waals surface area contributed by atoms with Crippen LogP contribution >= 0.6 is 0 Å². The van der Waals surface area contributed by atoms with E-state index in [0.717, 1.165) is 0 Å². The van der Waals surface area contributed by atoms with Crippen molar-refractivity contribution in [2.24, 2.45) is 0 Å². The average molecular weight is 518 g/mol. The zero-order valence-corrected chi connectivity index (χ0v) is 22.0. The third-order valence-corrected chi connectivity index (χ3v) is 7.61. The van der Waals surface area contributed by atoms with E-state index >= 15 is 0 Å². The number of rotatable bonds is 6. The van der Waals surface area contributed by atoms with Crippen molar-refractivity contribution in [2.45, 2.75) is 58.6 Å². The molecule has 1 atom stereocenters. The van der Waals surface area contributed by atoms with Gasteiger partial charge in [-0.2, -0.15) is 4.31 Å². The van der Waals surface area contributed by atoms with E-state index < -0.39 is 27.9 Å². The van der Waals surface area contributed by atoms with Crippen LogP contribution in [0.3, 0.4) is 0 Å². The summed E-state index contributed by atoms with van der Waals surface area (Å²) in [5.41, 5.74) is 0.796. The maximum Gasteiger partial charge on any atom is 0.342 e. The van der Waals surface area contributed by atoms with Gasteiger partial charge in [0.2, 0.25) is 15.9 Å². The van der Waals surface area contributed by atoms with Crippen molar-refractivity contribution in [3.63, 3.8) is 0 Å². The van der Waals surface area contributed by atoms with E-state index in [1.54, 1.807) is 34.6 Å². The lowest BCUT2D eigenvalue weighted by atomic mass is 10.1. The molecule has 2 aromatic rings. The van der Waals surface area contributed by atoms with Crippen LogP contribution in [0, 0.1) is 13.8 Å². The number of ether oxygens (including phenoxy) is 1. The van der Waals surface area contributed by atoms with Crippen LogP contribution in [0.25, 0.3) is 0 Å². The monoisotopic (exact) mass is 517 g/mol. The second-order valence-corrected chi connectivity index (χ2v) is 10.8. The van der Waals surface area contributed by atoms with Gasteiger partial charge in [-0.25, -0.2) is 23.2 Å². The fraction of sp³-hybridized carbons (Fsp3) is 0.458. The molecule has 1 aliphatic rings. The summed E-state index contributed by atoms with van der Waals surface area (Å²) >= 11 is 0. The molecule has 36 heavy (non-hydrogen) atoms. The molecule has 0 radical (unpaired) electrons. The Morgan fingerprint density at radius 3 is 2.28 bits per heavy atom. The highest BCUT2D eigenvalue weighted by molar-refractivity contribution is 7.89. The largest absolute Gasteiger partial charge is 0.459 e. The van der Waals surface area contributed by atoms with Crippen molar-refractivity contribution in [3.8, 4) is 0 Å². The molecule has 3 rings (SSSR count). The first-order valence-corrected chi connectivity index (χ1v) is 13.0. The first-order valence-electron chi connectivity index (χ1n) is 11.6. The first-order chi connectivity index (χ1) is 16.8. The Labute approximate surface area is 210 Å². The zero-order valence-electron chi connectivity index (χ0n) is 21.2. The van der Waals surface area contributed by atoms with Crippen LogP contribution in [0.5, 0.6) is 0 Å². The van der Waals surface area contributed by atoms with Crippen LogP contribution in [0.4, 0.5) is 5.69 Å². The molecule has 1 aliphatic heterocycles. The lowest BCUT2D eigenvalue weighted by Gasteiger charge is -2.39. The summed E-state index contributed by atoms with van der Waals surface area (Å²) in [7, 11) is -3.84. The van der Waals surface area contributed by atoms with Gasteiger partial charge in [-0.15, -0.1) is 0 Å².